The maximum atomic E-state index is 14.2. The highest BCUT2D eigenvalue weighted by molar-refractivity contribution is 7.93. The molecule has 0 aliphatic heterocycles. The zero-order chi connectivity index (χ0) is 25.3. The topological polar surface area (TPSA) is 43.4 Å². The first-order chi connectivity index (χ1) is 16.1. The van der Waals surface area contributed by atoms with Crippen molar-refractivity contribution in [2.24, 2.45) is 11.8 Å². The van der Waals surface area contributed by atoms with Crippen molar-refractivity contribution in [3.63, 3.8) is 0 Å². The van der Waals surface area contributed by atoms with E-state index in [-0.39, 0.29) is 5.52 Å². The molecule has 0 atom stereocenters. The minimum atomic E-state index is -3.44. The van der Waals surface area contributed by atoms with E-state index in [2.05, 4.69) is 27.7 Å². The second kappa shape index (κ2) is 12.8. The minimum Gasteiger partial charge on any atom is -0.381 e. The number of carbonyl (C=O) groups excluding carboxylic acids is 1. The number of hydrogen-bond acceptors (Lipinski definition) is 3. The van der Waals surface area contributed by atoms with Crippen LogP contribution in [0.25, 0.3) is 0 Å². The van der Waals surface area contributed by atoms with Gasteiger partial charge in [-0.15, -0.1) is 0 Å². The van der Waals surface area contributed by atoms with Gasteiger partial charge in [-0.25, -0.2) is 0 Å². The predicted octanol–water partition coefficient (Wildman–Crippen LogP) is 7.08. The fourth-order valence-electron chi connectivity index (χ4n) is 3.87. The predicted molar refractivity (Wildman–Crippen MR) is 145 cm³/mol. The lowest BCUT2D eigenvalue weighted by atomic mass is 10.0. The largest absolute Gasteiger partial charge is 0.381 e. The standard InChI is InChI=1S/C22H21O2P.C8H18O/c1-16-14-17(2)21(18(3)15-16)22(23)25(24,19-10-6-4-7-11-19)20-12-8-5-9-13-20;1-7(2)5-9-6-8(3)4/h4-15H,1-3H3;7-8H,5-6H2,1-4H3. The van der Waals surface area contributed by atoms with Crippen molar-refractivity contribution < 1.29 is 14.1 Å². The van der Waals surface area contributed by atoms with Crippen LogP contribution in [0.1, 0.15) is 54.7 Å². The number of hydrogen-bond donors (Lipinski definition) is 0. The van der Waals surface area contributed by atoms with E-state index < -0.39 is 7.14 Å². The van der Waals surface area contributed by atoms with Crippen LogP contribution in [0.2, 0.25) is 0 Å². The van der Waals surface area contributed by atoms with Crippen molar-refractivity contribution in [3.8, 4) is 0 Å². The second-order valence-corrected chi connectivity index (χ2v) is 12.3. The molecule has 3 nitrogen and oxygen atoms in total. The molecule has 3 rings (SSSR count). The van der Waals surface area contributed by atoms with Gasteiger partial charge in [-0.2, -0.15) is 0 Å². The summed E-state index contributed by atoms with van der Waals surface area (Å²) >= 11 is 0. The van der Waals surface area contributed by atoms with Crippen molar-refractivity contribution in [2.75, 3.05) is 13.2 Å². The Bertz CT molecular complexity index is 1030. The summed E-state index contributed by atoms with van der Waals surface area (Å²) in [6.45, 7) is 16.3. The molecule has 0 spiro atoms. The van der Waals surface area contributed by atoms with Crippen molar-refractivity contribution in [1.82, 2.24) is 0 Å². The van der Waals surface area contributed by atoms with Crippen LogP contribution in [0.5, 0.6) is 0 Å². The number of carbonyl (C=O) groups is 1. The lowest BCUT2D eigenvalue weighted by molar-refractivity contribution is 0.0886. The quantitative estimate of drug-likeness (QED) is 0.325. The Kier molecular flexibility index (Phi) is 10.5. The van der Waals surface area contributed by atoms with Gasteiger partial charge in [0.15, 0.2) is 0 Å². The van der Waals surface area contributed by atoms with E-state index in [1.54, 1.807) is 24.3 Å². The van der Waals surface area contributed by atoms with Crippen molar-refractivity contribution in [3.05, 3.63) is 95.1 Å². The van der Waals surface area contributed by atoms with Gasteiger partial charge in [0.2, 0.25) is 12.7 Å². The molecular weight excluding hydrogens is 439 g/mol. The van der Waals surface area contributed by atoms with Gasteiger partial charge in [-0.3, -0.25) is 4.79 Å². The lowest BCUT2D eigenvalue weighted by Gasteiger charge is -2.20. The van der Waals surface area contributed by atoms with Crippen LogP contribution in [-0.4, -0.2) is 18.7 Å². The monoisotopic (exact) mass is 478 g/mol. The molecule has 3 aromatic rings. The summed E-state index contributed by atoms with van der Waals surface area (Å²) in [5, 5.41) is 1.15. The third-order valence-corrected chi connectivity index (χ3v) is 8.17. The molecule has 0 saturated heterocycles. The summed E-state index contributed by atoms with van der Waals surface area (Å²) in [7, 11) is -3.44. The van der Waals surface area contributed by atoms with Crippen LogP contribution in [0.3, 0.4) is 0 Å². The van der Waals surface area contributed by atoms with Gasteiger partial charge >= 0.3 is 0 Å². The van der Waals surface area contributed by atoms with Crippen LogP contribution in [0.15, 0.2) is 72.8 Å². The van der Waals surface area contributed by atoms with E-state index in [1.165, 1.54) is 0 Å². The van der Waals surface area contributed by atoms with Crippen molar-refractivity contribution in [1.29, 1.82) is 0 Å². The van der Waals surface area contributed by atoms with E-state index in [1.807, 2.05) is 69.3 Å². The molecule has 0 amide bonds. The van der Waals surface area contributed by atoms with Gasteiger partial charge in [0.05, 0.1) is 0 Å². The Morgan fingerprint density at radius 2 is 1.12 bits per heavy atom. The molecule has 0 unspecified atom stereocenters. The molecule has 0 saturated carbocycles. The number of benzene rings is 3. The summed E-state index contributed by atoms with van der Waals surface area (Å²) in [5.74, 6) is 1.34. The number of aryl methyl sites for hydroxylation is 3. The van der Waals surface area contributed by atoms with Gasteiger partial charge in [-0.1, -0.05) is 106 Å². The maximum absolute atomic E-state index is 14.2. The van der Waals surface area contributed by atoms with Crippen LogP contribution in [0, 0.1) is 32.6 Å². The van der Waals surface area contributed by atoms with Crippen LogP contribution < -0.4 is 10.6 Å². The molecule has 0 radical (unpaired) electrons. The zero-order valence-corrected chi connectivity index (χ0v) is 22.6. The van der Waals surface area contributed by atoms with E-state index in [0.29, 0.717) is 28.0 Å². The second-order valence-electron chi connectivity index (χ2n) is 9.68. The molecule has 0 heterocycles. The maximum Gasteiger partial charge on any atom is 0.230 e. The molecule has 182 valence electrons. The fraction of sp³-hybridized carbons (Fsp3) is 0.367. The highest BCUT2D eigenvalue weighted by Crippen LogP contribution is 2.47. The van der Waals surface area contributed by atoms with E-state index in [0.717, 1.165) is 29.9 Å². The normalized spacial score (nSPS) is 11.3. The Balaban J connectivity index is 0.000000387. The first-order valence-corrected chi connectivity index (χ1v) is 13.7. The summed E-state index contributed by atoms with van der Waals surface area (Å²) in [6.07, 6.45) is 0. The Morgan fingerprint density at radius 3 is 1.47 bits per heavy atom. The fourth-order valence-corrected chi connectivity index (χ4v) is 6.49. The average Bonchev–Trinajstić information content (AvgIpc) is 2.79. The average molecular weight is 479 g/mol. The van der Waals surface area contributed by atoms with Gasteiger partial charge < -0.3 is 9.30 Å². The molecule has 0 aliphatic carbocycles. The molecule has 0 N–H and O–H groups in total. The highest BCUT2D eigenvalue weighted by atomic mass is 31.2. The van der Waals surface area contributed by atoms with Gasteiger partial charge in [0.1, 0.15) is 0 Å². The van der Waals surface area contributed by atoms with Crippen LogP contribution in [-0.2, 0) is 9.30 Å². The third kappa shape index (κ3) is 7.26. The number of ether oxygens (including phenoxy) is 1. The highest BCUT2D eigenvalue weighted by Gasteiger charge is 2.37. The molecule has 3 aromatic carbocycles. The van der Waals surface area contributed by atoms with Crippen molar-refractivity contribution in [2.45, 2.75) is 48.5 Å². The summed E-state index contributed by atoms with van der Waals surface area (Å²) in [4.78, 5) is 13.6. The molecule has 0 bridgehead atoms. The van der Waals surface area contributed by atoms with E-state index >= 15 is 0 Å². The summed E-state index contributed by atoms with van der Waals surface area (Å²) in [6, 6.07) is 22.1. The minimum absolute atomic E-state index is 0.292. The smallest absolute Gasteiger partial charge is 0.230 e. The molecule has 34 heavy (non-hydrogen) atoms. The molecular formula is C30H39O3P. The van der Waals surface area contributed by atoms with Crippen molar-refractivity contribution >= 4 is 23.3 Å². The first-order valence-electron chi connectivity index (χ1n) is 12.0. The van der Waals surface area contributed by atoms with E-state index in [4.69, 9.17) is 4.74 Å². The summed E-state index contributed by atoms with van der Waals surface area (Å²) in [5.41, 5.74) is 3.12. The Hall–Kier alpha value is -2.48. The van der Waals surface area contributed by atoms with Gasteiger partial charge in [-0.05, 0) is 43.7 Å². The van der Waals surface area contributed by atoms with E-state index in [9.17, 15) is 9.36 Å². The summed E-state index contributed by atoms with van der Waals surface area (Å²) < 4.78 is 19.5. The zero-order valence-electron chi connectivity index (χ0n) is 21.7. The molecule has 4 heteroatoms. The Morgan fingerprint density at radius 1 is 0.735 bits per heavy atom. The first kappa shape index (κ1) is 27.8. The molecule has 0 aliphatic rings. The third-order valence-electron chi connectivity index (χ3n) is 5.32. The van der Waals surface area contributed by atoms with Gasteiger partial charge in [0.25, 0.3) is 0 Å². The molecule has 0 aromatic heterocycles. The van der Waals surface area contributed by atoms with Crippen LogP contribution in [0.4, 0.5) is 0 Å². The van der Waals surface area contributed by atoms with Crippen LogP contribution >= 0.6 is 7.14 Å². The SMILES string of the molecule is CC(C)COCC(C)C.Cc1cc(C)c(C(=O)P(=O)(c2ccccc2)c2ccccc2)c(C)c1. The Labute approximate surface area is 205 Å². The number of rotatable bonds is 8. The molecule has 0 fully saturated rings. The lowest BCUT2D eigenvalue weighted by Crippen LogP contribution is -2.23. The van der Waals surface area contributed by atoms with Gasteiger partial charge in [0, 0.05) is 29.4 Å².